The number of hydrogen-bond acceptors (Lipinski definition) is 6. The highest BCUT2D eigenvalue weighted by atomic mass is 16.6. The SMILES string of the molecule is CC(Nc1ccc(C(=O)NCc2ccccc2CN2CCCCC2C)cc1[N+](=O)[O-])c1ccccn1. The van der Waals surface area contributed by atoms with Crippen molar-refractivity contribution in [1.29, 1.82) is 0 Å². The van der Waals surface area contributed by atoms with Crippen LogP contribution in [0.3, 0.4) is 0 Å². The van der Waals surface area contributed by atoms with Crippen LogP contribution in [0, 0.1) is 10.1 Å². The van der Waals surface area contributed by atoms with Gasteiger partial charge in [-0.3, -0.25) is 24.8 Å². The molecule has 4 rings (SSSR count). The number of carbonyl (C=O) groups is 1. The summed E-state index contributed by atoms with van der Waals surface area (Å²) in [5, 5.41) is 17.9. The van der Waals surface area contributed by atoms with Crippen molar-refractivity contribution in [3.05, 3.63) is 99.4 Å². The lowest BCUT2D eigenvalue weighted by Gasteiger charge is -2.33. The van der Waals surface area contributed by atoms with Gasteiger partial charge >= 0.3 is 0 Å². The summed E-state index contributed by atoms with van der Waals surface area (Å²) in [6, 6.07) is 18.5. The van der Waals surface area contributed by atoms with Crippen molar-refractivity contribution >= 4 is 17.3 Å². The van der Waals surface area contributed by atoms with Gasteiger partial charge in [0.1, 0.15) is 5.69 Å². The lowest BCUT2D eigenvalue weighted by Crippen LogP contribution is -2.37. The van der Waals surface area contributed by atoms with E-state index >= 15 is 0 Å². The minimum Gasteiger partial charge on any atom is -0.371 e. The maximum Gasteiger partial charge on any atom is 0.293 e. The summed E-state index contributed by atoms with van der Waals surface area (Å²) >= 11 is 0. The third kappa shape index (κ3) is 6.26. The number of anilines is 1. The molecule has 2 unspecified atom stereocenters. The highest BCUT2D eigenvalue weighted by Gasteiger charge is 2.21. The molecule has 0 bridgehead atoms. The summed E-state index contributed by atoms with van der Waals surface area (Å²) in [7, 11) is 0. The Bertz CT molecular complexity index is 1200. The van der Waals surface area contributed by atoms with E-state index in [2.05, 4.69) is 33.5 Å². The Hall–Kier alpha value is -3.78. The largest absolute Gasteiger partial charge is 0.371 e. The van der Waals surface area contributed by atoms with Gasteiger partial charge in [0.2, 0.25) is 0 Å². The number of nitrogens with one attached hydrogen (secondary N) is 2. The molecule has 2 N–H and O–H groups in total. The van der Waals surface area contributed by atoms with Crippen molar-refractivity contribution in [1.82, 2.24) is 15.2 Å². The molecule has 1 saturated heterocycles. The van der Waals surface area contributed by atoms with Gasteiger partial charge in [0.25, 0.3) is 11.6 Å². The number of nitrogens with zero attached hydrogens (tertiary/aromatic N) is 3. The molecule has 1 amide bonds. The van der Waals surface area contributed by atoms with Crippen LogP contribution >= 0.6 is 0 Å². The van der Waals surface area contributed by atoms with E-state index in [4.69, 9.17) is 0 Å². The molecular weight excluding hydrogens is 454 g/mol. The predicted octanol–water partition coefficient (Wildman–Crippen LogP) is 5.47. The number of benzene rings is 2. The third-order valence-corrected chi connectivity index (χ3v) is 6.83. The van der Waals surface area contributed by atoms with Crippen molar-refractivity contribution in [3.8, 4) is 0 Å². The van der Waals surface area contributed by atoms with Crippen LogP contribution in [0.25, 0.3) is 0 Å². The number of nitro benzene ring substituents is 1. The van der Waals surface area contributed by atoms with Crippen LogP contribution in [0.4, 0.5) is 11.4 Å². The average Bonchev–Trinajstić information content (AvgIpc) is 2.90. The molecule has 1 aromatic heterocycles. The van der Waals surface area contributed by atoms with Crippen LogP contribution in [0.2, 0.25) is 0 Å². The van der Waals surface area contributed by atoms with Gasteiger partial charge in [-0.2, -0.15) is 0 Å². The number of amides is 1. The monoisotopic (exact) mass is 487 g/mol. The minimum absolute atomic E-state index is 0.148. The van der Waals surface area contributed by atoms with E-state index < -0.39 is 4.92 Å². The molecule has 2 heterocycles. The summed E-state index contributed by atoms with van der Waals surface area (Å²) in [4.78, 5) is 31.0. The fraction of sp³-hybridized carbons (Fsp3) is 0.357. The summed E-state index contributed by atoms with van der Waals surface area (Å²) in [6.45, 7) is 6.46. The second kappa shape index (κ2) is 11.8. The number of piperidine rings is 1. The molecule has 0 spiro atoms. The van der Waals surface area contributed by atoms with Crippen molar-refractivity contribution in [3.63, 3.8) is 0 Å². The van der Waals surface area contributed by atoms with Crippen molar-refractivity contribution in [2.24, 2.45) is 0 Å². The second-order valence-corrected chi connectivity index (χ2v) is 9.38. The lowest BCUT2D eigenvalue weighted by atomic mass is 10.0. The zero-order valence-corrected chi connectivity index (χ0v) is 20.8. The molecule has 2 aromatic carbocycles. The molecule has 1 aliphatic heterocycles. The second-order valence-electron chi connectivity index (χ2n) is 9.38. The molecule has 1 aliphatic rings. The Balaban J connectivity index is 1.44. The number of pyridine rings is 1. The number of nitro groups is 1. The van der Waals surface area contributed by atoms with Gasteiger partial charge in [-0.15, -0.1) is 0 Å². The molecular formula is C28H33N5O3. The molecule has 0 aliphatic carbocycles. The molecule has 8 nitrogen and oxygen atoms in total. The normalized spacial score (nSPS) is 16.8. The van der Waals surface area contributed by atoms with Gasteiger partial charge in [0, 0.05) is 37.0 Å². The van der Waals surface area contributed by atoms with Crippen molar-refractivity contribution in [2.75, 3.05) is 11.9 Å². The first kappa shape index (κ1) is 25.3. The fourth-order valence-corrected chi connectivity index (χ4v) is 4.66. The number of likely N-dealkylation sites (tertiary alicyclic amines) is 1. The Morgan fingerprint density at radius 1 is 1.14 bits per heavy atom. The van der Waals surface area contributed by atoms with E-state index in [0.717, 1.165) is 24.3 Å². The van der Waals surface area contributed by atoms with E-state index in [0.29, 0.717) is 18.3 Å². The van der Waals surface area contributed by atoms with E-state index in [-0.39, 0.29) is 23.2 Å². The number of hydrogen-bond donors (Lipinski definition) is 2. The third-order valence-electron chi connectivity index (χ3n) is 6.83. The van der Waals surface area contributed by atoms with E-state index in [1.54, 1.807) is 18.3 Å². The summed E-state index contributed by atoms with van der Waals surface area (Å²) in [5.74, 6) is -0.344. The molecule has 8 heteroatoms. The number of aromatic nitrogens is 1. The first-order valence-electron chi connectivity index (χ1n) is 12.5. The van der Waals surface area contributed by atoms with Crippen LogP contribution in [0.15, 0.2) is 66.9 Å². The Morgan fingerprint density at radius 3 is 2.64 bits per heavy atom. The number of carbonyl (C=O) groups excluding carboxylic acids is 1. The first-order valence-corrected chi connectivity index (χ1v) is 12.5. The summed E-state index contributed by atoms with van der Waals surface area (Å²) in [5.41, 5.74) is 3.47. The maximum atomic E-state index is 12.9. The summed E-state index contributed by atoms with van der Waals surface area (Å²) < 4.78 is 0. The predicted molar refractivity (Wildman–Crippen MR) is 141 cm³/mol. The first-order chi connectivity index (χ1) is 17.4. The Kier molecular flexibility index (Phi) is 8.28. The van der Waals surface area contributed by atoms with E-state index in [1.807, 2.05) is 43.3 Å². The highest BCUT2D eigenvalue weighted by Crippen LogP contribution is 2.29. The minimum atomic E-state index is -0.473. The maximum absolute atomic E-state index is 12.9. The molecule has 188 valence electrons. The van der Waals surface area contributed by atoms with Crippen molar-refractivity contribution < 1.29 is 9.72 Å². The average molecular weight is 488 g/mol. The summed E-state index contributed by atoms with van der Waals surface area (Å²) in [6.07, 6.45) is 5.38. The van der Waals surface area contributed by atoms with Gasteiger partial charge in [-0.25, -0.2) is 0 Å². The van der Waals surface area contributed by atoms with Crippen LogP contribution in [-0.2, 0) is 13.1 Å². The Labute approximate surface area is 211 Å². The quantitative estimate of drug-likeness (QED) is 0.307. The number of rotatable bonds is 9. The molecule has 36 heavy (non-hydrogen) atoms. The van der Waals surface area contributed by atoms with Gasteiger partial charge in [-0.05, 0) is 68.6 Å². The van der Waals surface area contributed by atoms with Gasteiger partial charge in [0.05, 0.1) is 16.7 Å². The molecule has 0 radical (unpaired) electrons. The van der Waals surface area contributed by atoms with Crippen LogP contribution in [-0.4, -0.2) is 33.3 Å². The zero-order valence-electron chi connectivity index (χ0n) is 20.8. The van der Waals surface area contributed by atoms with Gasteiger partial charge in [-0.1, -0.05) is 36.8 Å². The van der Waals surface area contributed by atoms with E-state index in [9.17, 15) is 14.9 Å². The van der Waals surface area contributed by atoms with Crippen molar-refractivity contribution in [2.45, 2.75) is 58.3 Å². The zero-order chi connectivity index (χ0) is 25.5. The molecule has 3 aromatic rings. The van der Waals surface area contributed by atoms with E-state index in [1.165, 1.54) is 30.9 Å². The van der Waals surface area contributed by atoms with Gasteiger partial charge < -0.3 is 10.6 Å². The standard InChI is InChI=1S/C28H33N5O3/c1-20-9-6-8-16-32(20)19-24-11-4-3-10-23(24)18-30-28(34)22-13-14-26(27(17-22)33(35)36)31-21(2)25-12-5-7-15-29-25/h3-5,7,10-15,17,20-21,31H,6,8-9,16,18-19H2,1-2H3,(H,30,34). The molecule has 1 fully saturated rings. The molecule has 0 saturated carbocycles. The highest BCUT2D eigenvalue weighted by molar-refractivity contribution is 5.95. The smallest absolute Gasteiger partial charge is 0.293 e. The van der Waals surface area contributed by atoms with Crippen LogP contribution in [0.1, 0.15) is 66.3 Å². The van der Waals surface area contributed by atoms with Gasteiger partial charge in [0.15, 0.2) is 0 Å². The fourth-order valence-electron chi connectivity index (χ4n) is 4.66. The van der Waals surface area contributed by atoms with Crippen LogP contribution in [0.5, 0.6) is 0 Å². The molecule has 2 atom stereocenters. The Morgan fingerprint density at radius 2 is 1.92 bits per heavy atom. The van der Waals surface area contributed by atoms with Crippen LogP contribution < -0.4 is 10.6 Å². The lowest BCUT2D eigenvalue weighted by molar-refractivity contribution is -0.384. The topological polar surface area (TPSA) is 100 Å².